The van der Waals surface area contributed by atoms with Gasteiger partial charge in [0, 0.05) is 19.0 Å². The summed E-state index contributed by atoms with van der Waals surface area (Å²) in [5.74, 6) is 1.47. The van der Waals surface area contributed by atoms with Crippen molar-refractivity contribution in [3.63, 3.8) is 0 Å². The van der Waals surface area contributed by atoms with E-state index in [1.165, 1.54) is 6.42 Å². The maximum Gasteiger partial charge on any atom is 0.134 e. The molecule has 2 N–H and O–H groups in total. The average Bonchev–Trinajstić information content (AvgIpc) is 2.37. The Morgan fingerprint density at radius 3 is 2.74 bits per heavy atom. The first-order valence-electron chi connectivity index (χ1n) is 7.11. The zero-order chi connectivity index (χ0) is 13.7. The Morgan fingerprint density at radius 1 is 1.32 bits per heavy atom. The summed E-state index contributed by atoms with van der Waals surface area (Å²) < 4.78 is 0. The van der Waals surface area contributed by atoms with Crippen LogP contribution in [0.25, 0.3) is 0 Å². The van der Waals surface area contributed by atoms with Crippen molar-refractivity contribution in [1.29, 1.82) is 0 Å². The van der Waals surface area contributed by atoms with Gasteiger partial charge in [-0.25, -0.2) is 9.97 Å². The van der Waals surface area contributed by atoms with Crippen LogP contribution in [-0.2, 0) is 6.42 Å². The minimum atomic E-state index is -0.597. The van der Waals surface area contributed by atoms with Crippen molar-refractivity contribution in [2.75, 3.05) is 11.9 Å². The van der Waals surface area contributed by atoms with E-state index in [2.05, 4.69) is 22.2 Å². The lowest BCUT2D eigenvalue weighted by molar-refractivity contribution is 0.0166. The van der Waals surface area contributed by atoms with Gasteiger partial charge < -0.3 is 10.4 Å². The Bertz CT molecular complexity index is 419. The van der Waals surface area contributed by atoms with Gasteiger partial charge in [0.1, 0.15) is 16.8 Å². The summed E-state index contributed by atoms with van der Waals surface area (Å²) >= 11 is 5.99. The fourth-order valence-electron chi connectivity index (χ4n) is 2.53. The van der Waals surface area contributed by atoms with Crippen LogP contribution in [0.1, 0.15) is 51.3 Å². The van der Waals surface area contributed by atoms with Gasteiger partial charge in [-0.05, 0) is 19.3 Å². The van der Waals surface area contributed by atoms with Crippen molar-refractivity contribution in [2.24, 2.45) is 0 Å². The molecule has 1 aliphatic carbocycles. The maximum atomic E-state index is 10.4. The van der Waals surface area contributed by atoms with Gasteiger partial charge in [0.2, 0.25) is 0 Å². The number of rotatable bonds is 5. The minimum Gasteiger partial charge on any atom is -0.388 e. The van der Waals surface area contributed by atoms with Crippen LogP contribution in [-0.4, -0.2) is 27.2 Å². The van der Waals surface area contributed by atoms with Crippen LogP contribution in [0.15, 0.2) is 6.07 Å². The molecule has 0 unspecified atom stereocenters. The summed E-state index contributed by atoms with van der Waals surface area (Å²) in [6.45, 7) is 2.62. The highest BCUT2D eigenvalue weighted by Gasteiger charge is 2.28. The fraction of sp³-hybridized carbons (Fsp3) is 0.714. The third-order valence-electron chi connectivity index (χ3n) is 3.60. The topological polar surface area (TPSA) is 58.0 Å². The molecule has 0 aliphatic heterocycles. The highest BCUT2D eigenvalue weighted by Crippen LogP contribution is 2.28. The Labute approximate surface area is 119 Å². The molecule has 1 aliphatic rings. The molecule has 1 aromatic rings. The second kappa shape index (κ2) is 6.53. The van der Waals surface area contributed by atoms with E-state index in [-0.39, 0.29) is 0 Å². The molecule has 1 fully saturated rings. The van der Waals surface area contributed by atoms with Gasteiger partial charge >= 0.3 is 0 Å². The largest absolute Gasteiger partial charge is 0.388 e. The van der Waals surface area contributed by atoms with E-state index in [9.17, 15) is 5.11 Å². The molecule has 1 saturated carbocycles. The van der Waals surface area contributed by atoms with Crippen molar-refractivity contribution >= 4 is 17.4 Å². The number of halogens is 1. The third kappa shape index (κ3) is 4.32. The minimum absolute atomic E-state index is 0.455. The predicted molar refractivity (Wildman–Crippen MR) is 77.6 cm³/mol. The Balaban J connectivity index is 1.98. The molecule has 0 bridgehead atoms. The van der Waals surface area contributed by atoms with Gasteiger partial charge in [-0.2, -0.15) is 0 Å². The molecule has 0 radical (unpaired) electrons. The summed E-state index contributed by atoms with van der Waals surface area (Å²) in [5, 5.41) is 14.1. The number of aromatic nitrogens is 2. The number of hydrogen-bond donors (Lipinski definition) is 2. The third-order valence-corrected chi connectivity index (χ3v) is 3.79. The second-order valence-electron chi connectivity index (χ2n) is 5.38. The first-order valence-corrected chi connectivity index (χ1v) is 7.49. The van der Waals surface area contributed by atoms with Crippen LogP contribution in [0, 0.1) is 0 Å². The lowest BCUT2D eigenvalue weighted by Crippen LogP contribution is -2.39. The lowest BCUT2D eigenvalue weighted by atomic mass is 9.85. The van der Waals surface area contributed by atoms with Crippen LogP contribution in [0.5, 0.6) is 0 Å². The van der Waals surface area contributed by atoms with Crippen molar-refractivity contribution in [2.45, 2.75) is 57.5 Å². The van der Waals surface area contributed by atoms with Crippen LogP contribution >= 0.6 is 11.6 Å². The number of nitrogens with one attached hydrogen (secondary N) is 1. The van der Waals surface area contributed by atoms with E-state index in [0.717, 1.165) is 44.3 Å². The lowest BCUT2D eigenvalue weighted by Gasteiger charge is -2.32. The highest BCUT2D eigenvalue weighted by atomic mass is 35.5. The first-order chi connectivity index (χ1) is 9.11. The quantitative estimate of drug-likeness (QED) is 0.815. The molecule has 0 spiro atoms. The number of nitrogens with zero attached hydrogens (tertiary/aromatic N) is 2. The maximum absolute atomic E-state index is 10.4. The average molecular weight is 284 g/mol. The number of anilines is 1. The van der Waals surface area contributed by atoms with Crippen LogP contribution in [0.4, 0.5) is 5.82 Å². The molecule has 1 aromatic heterocycles. The standard InChI is InChI=1S/C14H22ClN3O/c1-2-6-12-17-11(15)9-13(18-12)16-10-14(19)7-4-3-5-8-14/h9,19H,2-8,10H2,1H3,(H,16,17,18). The van der Waals surface area contributed by atoms with Gasteiger partial charge in [0.15, 0.2) is 0 Å². The monoisotopic (exact) mass is 283 g/mol. The molecule has 0 aromatic carbocycles. The SMILES string of the molecule is CCCc1nc(Cl)cc(NCC2(O)CCCCC2)n1. The molecule has 4 nitrogen and oxygen atoms in total. The molecule has 106 valence electrons. The zero-order valence-electron chi connectivity index (χ0n) is 11.5. The second-order valence-corrected chi connectivity index (χ2v) is 5.77. The van der Waals surface area contributed by atoms with Crippen LogP contribution < -0.4 is 5.32 Å². The zero-order valence-corrected chi connectivity index (χ0v) is 12.2. The number of aryl methyl sites for hydroxylation is 1. The van der Waals surface area contributed by atoms with E-state index >= 15 is 0 Å². The molecule has 0 saturated heterocycles. The fourth-order valence-corrected chi connectivity index (χ4v) is 2.73. The molecular weight excluding hydrogens is 262 g/mol. The van der Waals surface area contributed by atoms with Gasteiger partial charge in [-0.3, -0.25) is 0 Å². The number of hydrogen-bond acceptors (Lipinski definition) is 4. The molecular formula is C14H22ClN3O. The summed E-state index contributed by atoms with van der Waals surface area (Å²) in [6, 6.07) is 1.72. The van der Waals surface area contributed by atoms with Gasteiger partial charge in [-0.15, -0.1) is 0 Å². The van der Waals surface area contributed by atoms with Crippen LogP contribution in [0.2, 0.25) is 5.15 Å². The Morgan fingerprint density at radius 2 is 2.05 bits per heavy atom. The van der Waals surface area contributed by atoms with Gasteiger partial charge in [-0.1, -0.05) is 37.8 Å². The predicted octanol–water partition coefficient (Wildman–Crippen LogP) is 3.19. The van der Waals surface area contributed by atoms with Gasteiger partial charge in [0.25, 0.3) is 0 Å². The van der Waals surface area contributed by atoms with Gasteiger partial charge in [0.05, 0.1) is 5.60 Å². The molecule has 5 heteroatoms. The Kier molecular flexibility index (Phi) is 4.99. The summed E-state index contributed by atoms with van der Waals surface area (Å²) in [4.78, 5) is 8.61. The van der Waals surface area contributed by atoms with Crippen LogP contribution in [0.3, 0.4) is 0 Å². The van der Waals surface area contributed by atoms with E-state index in [1.54, 1.807) is 6.07 Å². The summed E-state index contributed by atoms with van der Waals surface area (Å²) in [5.41, 5.74) is -0.597. The van der Waals surface area contributed by atoms with E-state index < -0.39 is 5.60 Å². The smallest absolute Gasteiger partial charge is 0.134 e. The van der Waals surface area contributed by atoms with Crippen molar-refractivity contribution < 1.29 is 5.11 Å². The van der Waals surface area contributed by atoms with E-state index in [1.807, 2.05) is 0 Å². The molecule has 1 heterocycles. The number of aliphatic hydroxyl groups is 1. The summed E-state index contributed by atoms with van der Waals surface area (Å²) in [7, 11) is 0. The van der Waals surface area contributed by atoms with Crippen molar-refractivity contribution in [3.05, 3.63) is 17.0 Å². The first kappa shape index (κ1) is 14.5. The highest BCUT2D eigenvalue weighted by molar-refractivity contribution is 6.29. The normalized spacial score (nSPS) is 18.3. The van der Waals surface area contributed by atoms with E-state index in [0.29, 0.717) is 17.5 Å². The molecule has 19 heavy (non-hydrogen) atoms. The Hall–Kier alpha value is -0.870. The van der Waals surface area contributed by atoms with E-state index in [4.69, 9.17) is 11.6 Å². The molecule has 2 rings (SSSR count). The molecule has 0 amide bonds. The van der Waals surface area contributed by atoms with Crippen molar-refractivity contribution in [1.82, 2.24) is 9.97 Å². The van der Waals surface area contributed by atoms with Crippen molar-refractivity contribution in [3.8, 4) is 0 Å². The summed E-state index contributed by atoms with van der Waals surface area (Å²) in [6.07, 6.45) is 6.96. The molecule has 0 atom stereocenters.